The second-order valence-electron chi connectivity index (χ2n) is 4.61. The van der Waals surface area contributed by atoms with Gasteiger partial charge in [-0.15, -0.1) is 11.8 Å². The number of thioether (sulfide) groups is 1. The molecule has 5 heteroatoms. The molecule has 0 aromatic carbocycles. The molecule has 0 radical (unpaired) electrons. The normalized spacial score (nSPS) is 36.2. The van der Waals surface area contributed by atoms with Crippen LogP contribution < -0.4 is 0 Å². The Labute approximate surface area is 127 Å². The Kier molecular flexibility index (Phi) is 4.00. The predicted molar refractivity (Wildman–Crippen MR) is 79.0 cm³/mol. The van der Waals surface area contributed by atoms with Crippen LogP contribution in [0.2, 0.25) is 0 Å². The number of nitriles is 4. The standard InChI is InChI=1S/C16H10N4S/c17-9-13-5-1-3-7-15(13,11-19)21-16(12-20)8-4-2-6-14(16)10-18/h1-8,13-14H. The minimum absolute atomic E-state index is 0.665. The van der Waals surface area contributed by atoms with Gasteiger partial charge in [0, 0.05) is 0 Å². The molecule has 0 aromatic heterocycles. The van der Waals surface area contributed by atoms with Gasteiger partial charge in [0.15, 0.2) is 0 Å². The molecule has 2 aliphatic carbocycles. The van der Waals surface area contributed by atoms with Gasteiger partial charge in [-0.3, -0.25) is 0 Å². The summed E-state index contributed by atoms with van der Waals surface area (Å²) < 4.78 is -2.35. The van der Waals surface area contributed by atoms with Crippen molar-refractivity contribution in [3.63, 3.8) is 0 Å². The van der Waals surface area contributed by atoms with Crippen molar-refractivity contribution in [2.24, 2.45) is 11.8 Å². The summed E-state index contributed by atoms with van der Waals surface area (Å²) in [5, 5.41) is 37.8. The van der Waals surface area contributed by atoms with Crippen molar-refractivity contribution in [2.75, 3.05) is 0 Å². The van der Waals surface area contributed by atoms with Crippen LogP contribution >= 0.6 is 11.8 Å². The number of hydrogen-bond donors (Lipinski definition) is 0. The number of allylic oxidation sites excluding steroid dienone is 6. The molecule has 0 fully saturated rings. The van der Waals surface area contributed by atoms with Crippen molar-refractivity contribution < 1.29 is 0 Å². The summed E-state index contributed by atoms with van der Waals surface area (Å²) in [5.74, 6) is -1.33. The average molecular weight is 290 g/mol. The molecule has 0 aliphatic heterocycles. The van der Waals surface area contributed by atoms with Crippen LogP contribution in [0.15, 0.2) is 48.6 Å². The van der Waals surface area contributed by atoms with Gasteiger partial charge in [-0.25, -0.2) is 0 Å². The van der Waals surface area contributed by atoms with Crippen LogP contribution in [0, 0.1) is 57.2 Å². The molecule has 2 rings (SSSR count). The lowest BCUT2D eigenvalue weighted by Gasteiger charge is -2.36. The topological polar surface area (TPSA) is 95.2 Å². The lowest BCUT2D eigenvalue weighted by Crippen LogP contribution is -2.40. The first-order chi connectivity index (χ1) is 10.2. The monoisotopic (exact) mass is 290 g/mol. The maximum Gasteiger partial charge on any atom is 0.142 e. The first kappa shape index (κ1) is 14.7. The third-order valence-electron chi connectivity index (χ3n) is 3.41. The molecule has 0 saturated heterocycles. The Morgan fingerprint density at radius 1 is 0.714 bits per heavy atom. The van der Waals surface area contributed by atoms with Crippen molar-refractivity contribution in [1.29, 1.82) is 21.0 Å². The largest absolute Gasteiger partial charge is 0.198 e. The highest BCUT2D eigenvalue weighted by molar-refractivity contribution is 8.02. The van der Waals surface area contributed by atoms with E-state index in [0.717, 1.165) is 11.8 Å². The van der Waals surface area contributed by atoms with Crippen molar-refractivity contribution in [2.45, 2.75) is 9.49 Å². The fourth-order valence-electron chi connectivity index (χ4n) is 2.25. The molecule has 2 aliphatic rings. The zero-order valence-electron chi connectivity index (χ0n) is 11.0. The molecule has 0 N–H and O–H groups in total. The van der Waals surface area contributed by atoms with Crippen LogP contribution in [0.3, 0.4) is 0 Å². The summed E-state index contributed by atoms with van der Waals surface area (Å²) in [5.41, 5.74) is 0. The molecule has 0 aromatic rings. The van der Waals surface area contributed by atoms with Gasteiger partial charge in [-0.05, 0) is 0 Å². The summed E-state index contributed by atoms with van der Waals surface area (Å²) in [6.07, 6.45) is 13.4. The molecule has 0 heterocycles. The van der Waals surface area contributed by atoms with E-state index in [2.05, 4.69) is 24.3 Å². The van der Waals surface area contributed by atoms with Gasteiger partial charge in [0.05, 0.1) is 36.1 Å². The Balaban J connectivity index is 2.48. The highest BCUT2D eigenvalue weighted by Gasteiger charge is 2.49. The molecule has 4 nitrogen and oxygen atoms in total. The molecule has 100 valence electrons. The second-order valence-corrected chi connectivity index (χ2v) is 6.17. The Hall–Kier alpha value is -2.73. The lowest BCUT2D eigenvalue weighted by atomic mass is 9.88. The van der Waals surface area contributed by atoms with Gasteiger partial charge in [0.25, 0.3) is 0 Å². The van der Waals surface area contributed by atoms with Gasteiger partial charge < -0.3 is 0 Å². The Morgan fingerprint density at radius 3 is 1.48 bits per heavy atom. The third kappa shape index (κ3) is 2.36. The van der Waals surface area contributed by atoms with Crippen molar-refractivity contribution in [3.8, 4) is 24.3 Å². The highest BCUT2D eigenvalue weighted by Crippen LogP contribution is 2.49. The zero-order valence-corrected chi connectivity index (χ0v) is 11.8. The average Bonchev–Trinajstić information content (AvgIpc) is 2.55. The summed E-state index contributed by atoms with van der Waals surface area (Å²) >= 11 is 1.06. The summed E-state index contributed by atoms with van der Waals surface area (Å²) in [6, 6.07) is 8.49. The third-order valence-corrected chi connectivity index (χ3v) is 5.04. The summed E-state index contributed by atoms with van der Waals surface area (Å²) in [6.45, 7) is 0. The van der Waals surface area contributed by atoms with E-state index in [1.54, 1.807) is 48.6 Å². The predicted octanol–water partition coefficient (Wildman–Crippen LogP) is 2.78. The fraction of sp³-hybridized carbons (Fsp3) is 0.250. The van der Waals surface area contributed by atoms with Gasteiger partial charge in [-0.1, -0.05) is 48.6 Å². The van der Waals surface area contributed by atoms with Crippen LogP contribution in [0.1, 0.15) is 0 Å². The first-order valence-corrected chi connectivity index (χ1v) is 7.02. The van der Waals surface area contributed by atoms with Crippen molar-refractivity contribution >= 4 is 11.8 Å². The quantitative estimate of drug-likeness (QED) is 0.779. The molecule has 0 bridgehead atoms. The van der Waals surface area contributed by atoms with E-state index in [-0.39, 0.29) is 0 Å². The Morgan fingerprint density at radius 2 is 1.14 bits per heavy atom. The SMILES string of the molecule is N#CC1C=CC=CC1(C#N)SC1(C#N)C=CC=CC1C#N. The van der Waals surface area contributed by atoms with E-state index in [1.165, 1.54) is 0 Å². The van der Waals surface area contributed by atoms with Crippen molar-refractivity contribution in [3.05, 3.63) is 48.6 Å². The highest BCUT2D eigenvalue weighted by atomic mass is 32.2. The van der Waals surface area contributed by atoms with Crippen LogP contribution in [0.4, 0.5) is 0 Å². The summed E-state index contributed by atoms with van der Waals surface area (Å²) in [4.78, 5) is 0. The molecular formula is C16H10N4S. The molecule has 4 atom stereocenters. The summed E-state index contributed by atoms with van der Waals surface area (Å²) in [7, 11) is 0. The van der Waals surface area contributed by atoms with Gasteiger partial charge >= 0.3 is 0 Å². The Bertz CT molecular complexity index is 657. The molecule has 21 heavy (non-hydrogen) atoms. The second kappa shape index (κ2) is 5.72. The van der Waals surface area contributed by atoms with Gasteiger partial charge in [-0.2, -0.15) is 21.0 Å². The van der Waals surface area contributed by atoms with Crippen molar-refractivity contribution in [1.82, 2.24) is 0 Å². The van der Waals surface area contributed by atoms with Crippen LogP contribution in [0.25, 0.3) is 0 Å². The molecule has 0 spiro atoms. The van der Waals surface area contributed by atoms with E-state index in [4.69, 9.17) is 0 Å². The molecule has 4 unspecified atom stereocenters. The van der Waals surface area contributed by atoms with Gasteiger partial charge in [0.1, 0.15) is 9.49 Å². The maximum atomic E-state index is 9.60. The van der Waals surface area contributed by atoms with Crippen LogP contribution in [0.5, 0.6) is 0 Å². The maximum absolute atomic E-state index is 9.60. The van der Waals surface area contributed by atoms with E-state index in [1.807, 2.05) is 0 Å². The zero-order chi connectivity index (χ0) is 15.3. The minimum atomic E-state index is -1.18. The minimum Gasteiger partial charge on any atom is -0.198 e. The van der Waals surface area contributed by atoms with Crippen LogP contribution in [-0.4, -0.2) is 9.49 Å². The fourth-order valence-corrected chi connectivity index (χ4v) is 3.71. The first-order valence-electron chi connectivity index (χ1n) is 6.20. The van der Waals surface area contributed by atoms with E-state index >= 15 is 0 Å². The lowest BCUT2D eigenvalue weighted by molar-refractivity contribution is 0.696. The van der Waals surface area contributed by atoms with Crippen LogP contribution in [-0.2, 0) is 0 Å². The molecular weight excluding hydrogens is 280 g/mol. The number of rotatable bonds is 2. The van der Waals surface area contributed by atoms with E-state index in [0.29, 0.717) is 0 Å². The number of hydrogen-bond acceptors (Lipinski definition) is 5. The molecule has 0 saturated carbocycles. The van der Waals surface area contributed by atoms with E-state index in [9.17, 15) is 21.0 Å². The number of nitrogens with zero attached hydrogens (tertiary/aromatic N) is 4. The molecule has 0 amide bonds. The smallest absolute Gasteiger partial charge is 0.142 e. The van der Waals surface area contributed by atoms with E-state index < -0.39 is 21.3 Å². The van der Waals surface area contributed by atoms with Gasteiger partial charge in [0.2, 0.25) is 0 Å².